The lowest BCUT2D eigenvalue weighted by atomic mass is 10.0. The van der Waals surface area contributed by atoms with Gasteiger partial charge in [-0.2, -0.15) is 0 Å². The third-order valence-electron chi connectivity index (χ3n) is 3.53. The van der Waals surface area contributed by atoms with E-state index in [9.17, 15) is 18.8 Å². The van der Waals surface area contributed by atoms with Gasteiger partial charge in [0.15, 0.2) is 0 Å². The first kappa shape index (κ1) is 19.6. The van der Waals surface area contributed by atoms with Gasteiger partial charge in [-0.3, -0.25) is 14.4 Å². The molecule has 1 aromatic carbocycles. The van der Waals surface area contributed by atoms with Crippen LogP contribution in [0.25, 0.3) is 0 Å². The van der Waals surface area contributed by atoms with Gasteiger partial charge >= 0.3 is 0 Å². The molecule has 0 saturated carbocycles. The summed E-state index contributed by atoms with van der Waals surface area (Å²) >= 11 is 0. The summed E-state index contributed by atoms with van der Waals surface area (Å²) in [5, 5.41) is 5.09. The molecule has 0 aliphatic heterocycles. The number of nitrogens with one attached hydrogen (secondary N) is 2. The van der Waals surface area contributed by atoms with E-state index in [1.165, 1.54) is 25.1 Å². The molecule has 132 valence electrons. The summed E-state index contributed by atoms with van der Waals surface area (Å²) in [7, 11) is 0. The van der Waals surface area contributed by atoms with Crippen LogP contribution in [0.5, 0.6) is 0 Å². The highest BCUT2D eigenvalue weighted by Crippen LogP contribution is 2.08. The van der Waals surface area contributed by atoms with E-state index < -0.39 is 35.6 Å². The van der Waals surface area contributed by atoms with Crippen molar-refractivity contribution < 1.29 is 18.8 Å². The Morgan fingerprint density at radius 2 is 1.92 bits per heavy atom. The number of carbonyl (C=O) groups is 3. The summed E-state index contributed by atoms with van der Waals surface area (Å²) in [4.78, 5) is 35.2. The minimum absolute atomic E-state index is 0.114. The van der Waals surface area contributed by atoms with Crippen molar-refractivity contribution >= 4 is 17.7 Å². The third kappa shape index (κ3) is 6.76. The standard InChI is InChI=1S/C17H24FN3O3/c1-3-4-8-14(16(19)23)21-17(24)15(20-11(2)22)10-12-6-5-7-13(18)9-12/h5-7,9,14-15H,3-4,8,10H2,1-2H3,(H2,19,23)(H,20,22)(H,21,24)/t14-,15+/m1/s1. The number of primary amides is 1. The number of benzene rings is 1. The van der Waals surface area contributed by atoms with Crippen molar-refractivity contribution in [2.45, 2.75) is 51.6 Å². The molecule has 0 radical (unpaired) electrons. The second kappa shape index (κ2) is 9.64. The Hall–Kier alpha value is -2.44. The molecule has 6 nitrogen and oxygen atoms in total. The van der Waals surface area contributed by atoms with Crippen molar-refractivity contribution in [2.24, 2.45) is 5.73 Å². The molecular weight excluding hydrogens is 313 g/mol. The SMILES string of the molecule is CCCC[C@@H](NC(=O)[C@H](Cc1cccc(F)c1)NC(C)=O)C(N)=O. The molecule has 24 heavy (non-hydrogen) atoms. The van der Waals surface area contributed by atoms with Gasteiger partial charge in [0.2, 0.25) is 17.7 Å². The average Bonchev–Trinajstić information content (AvgIpc) is 2.49. The Morgan fingerprint density at radius 1 is 1.21 bits per heavy atom. The molecule has 0 aliphatic rings. The van der Waals surface area contributed by atoms with Gasteiger partial charge in [0.05, 0.1) is 0 Å². The van der Waals surface area contributed by atoms with E-state index in [-0.39, 0.29) is 6.42 Å². The van der Waals surface area contributed by atoms with Crippen molar-refractivity contribution in [1.29, 1.82) is 0 Å². The Balaban J connectivity index is 2.83. The average molecular weight is 337 g/mol. The quantitative estimate of drug-likeness (QED) is 0.627. The van der Waals surface area contributed by atoms with Crippen LogP contribution in [0.3, 0.4) is 0 Å². The number of unbranched alkanes of at least 4 members (excludes halogenated alkanes) is 1. The summed E-state index contributed by atoms with van der Waals surface area (Å²) in [6.45, 7) is 3.25. The lowest BCUT2D eigenvalue weighted by Crippen LogP contribution is -2.53. The fraction of sp³-hybridized carbons (Fsp3) is 0.471. The molecule has 0 saturated heterocycles. The van der Waals surface area contributed by atoms with Crippen LogP contribution in [0.15, 0.2) is 24.3 Å². The number of rotatable bonds is 9. The zero-order valence-electron chi connectivity index (χ0n) is 14.0. The number of halogens is 1. The highest BCUT2D eigenvalue weighted by molar-refractivity contribution is 5.91. The van der Waals surface area contributed by atoms with E-state index in [2.05, 4.69) is 10.6 Å². The molecule has 0 spiro atoms. The lowest BCUT2D eigenvalue weighted by Gasteiger charge is -2.21. The summed E-state index contributed by atoms with van der Waals surface area (Å²) < 4.78 is 13.3. The van der Waals surface area contributed by atoms with Crippen LogP contribution in [0.2, 0.25) is 0 Å². The summed E-state index contributed by atoms with van der Waals surface area (Å²) in [5.41, 5.74) is 5.87. The summed E-state index contributed by atoms with van der Waals surface area (Å²) in [6, 6.07) is 4.08. The molecule has 0 fully saturated rings. The number of hydrogen-bond acceptors (Lipinski definition) is 3. The second-order valence-corrected chi connectivity index (χ2v) is 5.69. The van der Waals surface area contributed by atoms with Gasteiger partial charge in [-0.15, -0.1) is 0 Å². The maximum atomic E-state index is 13.3. The van der Waals surface area contributed by atoms with Gasteiger partial charge in [0.1, 0.15) is 17.9 Å². The highest BCUT2D eigenvalue weighted by Gasteiger charge is 2.25. The van der Waals surface area contributed by atoms with Gasteiger partial charge in [0, 0.05) is 13.3 Å². The van der Waals surface area contributed by atoms with Crippen LogP contribution in [-0.4, -0.2) is 29.8 Å². The van der Waals surface area contributed by atoms with E-state index in [0.717, 1.165) is 12.8 Å². The van der Waals surface area contributed by atoms with E-state index in [0.29, 0.717) is 12.0 Å². The Morgan fingerprint density at radius 3 is 2.46 bits per heavy atom. The molecule has 7 heteroatoms. The van der Waals surface area contributed by atoms with Crippen LogP contribution >= 0.6 is 0 Å². The first-order valence-corrected chi connectivity index (χ1v) is 7.94. The van der Waals surface area contributed by atoms with E-state index in [1.54, 1.807) is 6.07 Å². The predicted molar refractivity (Wildman–Crippen MR) is 88.4 cm³/mol. The van der Waals surface area contributed by atoms with Crippen LogP contribution in [0, 0.1) is 5.82 Å². The van der Waals surface area contributed by atoms with E-state index in [1.807, 2.05) is 6.92 Å². The summed E-state index contributed by atoms with van der Waals surface area (Å²) in [5.74, 6) is -1.96. The second-order valence-electron chi connectivity index (χ2n) is 5.69. The number of nitrogens with two attached hydrogens (primary N) is 1. The zero-order valence-corrected chi connectivity index (χ0v) is 14.0. The molecule has 0 aliphatic carbocycles. The van der Waals surface area contributed by atoms with Crippen LogP contribution < -0.4 is 16.4 Å². The number of hydrogen-bond donors (Lipinski definition) is 3. The zero-order chi connectivity index (χ0) is 18.1. The molecule has 2 atom stereocenters. The maximum Gasteiger partial charge on any atom is 0.243 e. The molecular formula is C17H24FN3O3. The minimum Gasteiger partial charge on any atom is -0.368 e. The molecule has 0 bridgehead atoms. The van der Waals surface area contributed by atoms with Crippen molar-refractivity contribution in [1.82, 2.24) is 10.6 Å². The van der Waals surface area contributed by atoms with Gasteiger partial charge < -0.3 is 16.4 Å². The smallest absolute Gasteiger partial charge is 0.243 e. The van der Waals surface area contributed by atoms with Crippen LogP contribution in [0.4, 0.5) is 4.39 Å². The fourth-order valence-electron chi connectivity index (χ4n) is 2.32. The van der Waals surface area contributed by atoms with Crippen molar-refractivity contribution in [3.63, 3.8) is 0 Å². The first-order valence-electron chi connectivity index (χ1n) is 7.94. The topological polar surface area (TPSA) is 101 Å². The van der Waals surface area contributed by atoms with Crippen molar-refractivity contribution in [3.8, 4) is 0 Å². The van der Waals surface area contributed by atoms with E-state index >= 15 is 0 Å². The number of carbonyl (C=O) groups excluding carboxylic acids is 3. The van der Waals surface area contributed by atoms with Crippen LogP contribution in [-0.2, 0) is 20.8 Å². The lowest BCUT2D eigenvalue weighted by molar-refractivity contribution is -0.130. The molecule has 0 unspecified atom stereocenters. The molecule has 1 aromatic rings. The maximum absolute atomic E-state index is 13.3. The van der Waals surface area contributed by atoms with E-state index in [4.69, 9.17) is 5.73 Å². The summed E-state index contributed by atoms with van der Waals surface area (Å²) in [6.07, 6.45) is 2.15. The predicted octanol–water partition coefficient (Wildman–Crippen LogP) is 1.03. The van der Waals surface area contributed by atoms with Gasteiger partial charge in [-0.05, 0) is 24.1 Å². The Labute approximate surface area is 141 Å². The van der Waals surface area contributed by atoms with Crippen molar-refractivity contribution in [3.05, 3.63) is 35.6 Å². The van der Waals surface area contributed by atoms with Gasteiger partial charge in [-0.1, -0.05) is 31.9 Å². The number of amides is 3. The monoisotopic (exact) mass is 337 g/mol. The Bertz CT molecular complexity index is 592. The molecule has 0 aromatic heterocycles. The highest BCUT2D eigenvalue weighted by atomic mass is 19.1. The van der Waals surface area contributed by atoms with Crippen LogP contribution in [0.1, 0.15) is 38.7 Å². The largest absolute Gasteiger partial charge is 0.368 e. The normalized spacial score (nSPS) is 13.0. The third-order valence-corrected chi connectivity index (χ3v) is 3.53. The first-order chi connectivity index (χ1) is 11.3. The van der Waals surface area contributed by atoms with Crippen molar-refractivity contribution in [2.75, 3.05) is 0 Å². The molecule has 0 heterocycles. The molecule has 3 amide bonds. The van der Waals surface area contributed by atoms with Gasteiger partial charge in [-0.25, -0.2) is 4.39 Å². The molecule has 1 rings (SSSR count). The Kier molecular flexibility index (Phi) is 7.88. The fourth-order valence-corrected chi connectivity index (χ4v) is 2.32. The van der Waals surface area contributed by atoms with Gasteiger partial charge in [0.25, 0.3) is 0 Å². The molecule has 4 N–H and O–H groups in total. The minimum atomic E-state index is -0.909.